The zero-order chi connectivity index (χ0) is 16.6. The fourth-order valence-corrected chi connectivity index (χ4v) is 2.59. The summed E-state index contributed by atoms with van der Waals surface area (Å²) in [4.78, 5) is 17.5. The van der Waals surface area contributed by atoms with Crippen LogP contribution in [0.15, 0.2) is 42.7 Å². The molecule has 116 valence electrons. The van der Waals surface area contributed by atoms with E-state index in [2.05, 4.69) is 4.98 Å². The number of fused-ring (bicyclic) bond motifs is 1. The third-order valence-electron chi connectivity index (χ3n) is 3.70. The van der Waals surface area contributed by atoms with E-state index in [-0.39, 0.29) is 17.7 Å². The molecule has 1 aromatic carbocycles. The predicted octanol–water partition coefficient (Wildman–Crippen LogP) is 3.32. The van der Waals surface area contributed by atoms with Gasteiger partial charge in [0.1, 0.15) is 6.04 Å². The fourth-order valence-electron chi connectivity index (χ4n) is 2.59. The molecular formula is C16H10F3N3O. The van der Waals surface area contributed by atoms with Crippen molar-refractivity contribution in [1.82, 2.24) is 9.88 Å². The molecule has 1 atom stereocenters. The Kier molecular flexibility index (Phi) is 3.52. The minimum absolute atomic E-state index is 0.0985. The minimum atomic E-state index is -4.52. The van der Waals surface area contributed by atoms with Crippen LogP contribution in [-0.2, 0) is 12.7 Å². The van der Waals surface area contributed by atoms with E-state index in [1.54, 1.807) is 24.5 Å². The van der Waals surface area contributed by atoms with E-state index < -0.39 is 23.7 Å². The summed E-state index contributed by atoms with van der Waals surface area (Å²) < 4.78 is 38.5. The van der Waals surface area contributed by atoms with Gasteiger partial charge < -0.3 is 4.90 Å². The molecule has 23 heavy (non-hydrogen) atoms. The normalized spacial score (nSPS) is 17.0. The Labute approximate surface area is 129 Å². The molecule has 7 heteroatoms. The second-order valence-electron chi connectivity index (χ2n) is 5.12. The summed E-state index contributed by atoms with van der Waals surface area (Å²) in [6.07, 6.45) is -1.42. The van der Waals surface area contributed by atoms with E-state index in [9.17, 15) is 23.2 Å². The molecule has 0 fully saturated rings. The molecular weight excluding hydrogens is 307 g/mol. The van der Waals surface area contributed by atoms with E-state index in [0.29, 0.717) is 0 Å². The predicted molar refractivity (Wildman–Crippen MR) is 73.9 cm³/mol. The summed E-state index contributed by atoms with van der Waals surface area (Å²) in [7, 11) is 0. The number of nitrogens with zero attached hydrogens (tertiary/aromatic N) is 3. The van der Waals surface area contributed by atoms with Gasteiger partial charge in [-0.25, -0.2) is 0 Å². The van der Waals surface area contributed by atoms with Crippen LogP contribution >= 0.6 is 0 Å². The Morgan fingerprint density at radius 3 is 2.52 bits per heavy atom. The monoisotopic (exact) mass is 317 g/mol. The molecule has 1 amide bonds. The number of benzene rings is 1. The van der Waals surface area contributed by atoms with Gasteiger partial charge in [-0.2, -0.15) is 18.4 Å². The smallest absolute Gasteiger partial charge is 0.314 e. The van der Waals surface area contributed by atoms with E-state index in [0.717, 1.165) is 23.8 Å². The average molecular weight is 317 g/mol. The number of alkyl halides is 3. The van der Waals surface area contributed by atoms with E-state index >= 15 is 0 Å². The molecule has 0 aliphatic carbocycles. The van der Waals surface area contributed by atoms with Crippen molar-refractivity contribution in [3.63, 3.8) is 0 Å². The number of nitriles is 1. The third kappa shape index (κ3) is 2.63. The van der Waals surface area contributed by atoms with Crippen LogP contribution in [0, 0.1) is 11.3 Å². The molecule has 0 bridgehead atoms. The molecule has 4 nitrogen and oxygen atoms in total. The lowest BCUT2D eigenvalue weighted by Gasteiger charge is -2.20. The van der Waals surface area contributed by atoms with Gasteiger partial charge in [0.2, 0.25) is 0 Å². The number of halogens is 3. The lowest BCUT2D eigenvalue weighted by molar-refractivity contribution is -0.137. The van der Waals surface area contributed by atoms with E-state index in [4.69, 9.17) is 0 Å². The van der Waals surface area contributed by atoms with Gasteiger partial charge in [0.05, 0.1) is 11.6 Å². The highest BCUT2D eigenvalue weighted by Crippen LogP contribution is 2.38. The average Bonchev–Trinajstić information content (AvgIpc) is 2.79. The number of aromatic nitrogens is 1. The number of carbonyl (C=O) groups is 1. The first-order chi connectivity index (χ1) is 10.9. The van der Waals surface area contributed by atoms with E-state index in [1.165, 1.54) is 4.90 Å². The lowest BCUT2D eigenvalue weighted by Crippen LogP contribution is -2.26. The zero-order valence-electron chi connectivity index (χ0n) is 11.7. The standard InChI is InChI=1S/C16H10F3N3O/c17-16(18,19)11-1-2-12-13(7-11)14(8-20)22(15(12)23)9-10-3-5-21-6-4-10/h1-7,14H,9H2. The van der Waals surface area contributed by atoms with Gasteiger partial charge >= 0.3 is 6.18 Å². The van der Waals surface area contributed by atoms with Crippen LogP contribution in [0.5, 0.6) is 0 Å². The SMILES string of the molecule is N#CC1c2cc(C(F)(F)F)ccc2C(=O)N1Cc1ccncc1. The van der Waals surface area contributed by atoms with Crippen LogP contribution in [0.25, 0.3) is 0 Å². The maximum atomic E-state index is 12.8. The van der Waals surface area contributed by atoms with Crippen LogP contribution < -0.4 is 0 Å². The Hall–Kier alpha value is -2.88. The molecule has 1 aromatic heterocycles. The van der Waals surface area contributed by atoms with Gasteiger partial charge in [-0.3, -0.25) is 9.78 Å². The lowest BCUT2D eigenvalue weighted by atomic mass is 10.0. The Morgan fingerprint density at radius 2 is 1.91 bits per heavy atom. The topological polar surface area (TPSA) is 57.0 Å². The Morgan fingerprint density at radius 1 is 1.22 bits per heavy atom. The van der Waals surface area contributed by atoms with Crippen LogP contribution in [0.2, 0.25) is 0 Å². The van der Waals surface area contributed by atoms with Crippen LogP contribution in [0.3, 0.4) is 0 Å². The molecule has 1 aliphatic rings. The number of rotatable bonds is 2. The highest BCUT2D eigenvalue weighted by atomic mass is 19.4. The molecule has 0 saturated carbocycles. The summed E-state index contributed by atoms with van der Waals surface area (Å²) >= 11 is 0. The number of pyridine rings is 1. The summed E-state index contributed by atoms with van der Waals surface area (Å²) in [6.45, 7) is 0.135. The molecule has 0 spiro atoms. The summed E-state index contributed by atoms with van der Waals surface area (Å²) in [6, 6.07) is 7.14. The van der Waals surface area contributed by atoms with Crippen molar-refractivity contribution >= 4 is 5.91 Å². The first kappa shape index (κ1) is 15.0. The highest BCUT2D eigenvalue weighted by molar-refractivity contribution is 5.99. The third-order valence-corrected chi connectivity index (χ3v) is 3.70. The number of hydrogen-bond donors (Lipinski definition) is 0. The number of carbonyl (C=O) groups excluding carboxylic acids is 1. The van der Waals surface area contributed by atoms with Gasteiger partial charge in [0.15, 0.2) is 0 Å². The van der Waals surface area contributed by atoms with Crippen LogP contribution in [-0.4, -0.2) is 15.8 Å². The molecule has 2 heterocycles. The second-order valence-corrected chi connectivity index (χ2v) is 5.12. The summed E-state index contributed by atoms with van der Waals surface area (Å²) in [5.41, 5.74) is 0.118. The molecule has 2 aromatic rings. The Bertz CT molecular complexity index is 796. The minimum Gasteiger partial charge on any atom is -0.314 e. The molecule has 0 radical (unpaired) electrons. The van der Waals surface area contributed by atoms with Crippen molar-refractivity contribution < 1.29 is 18.0 Å². The molecule has 0 N–H and O–H groups in total. The molecule has 1 unspecified atom stereocenters. The van der Waals surface area contributed by atoms with Crippen molar-refractivity contribution in [2.75, 3.05) is 0 Å². The van der Waals surface area contributed by atoms with Crippen LogP contribution in [0.1, 0.15) is 33.1 Å². The van der Waals surface area contributed by atoms with Crippen molar-refractivity contribution in [1.29, 1.82) is 5.26 Å². The van der Waals surface area contributed by atoms with Crippen molar-refractivity contribution in [2.24, 2.45) is 0 Å². The van der Waals surface area contributed by atoms with Crippen LogP contribution in [0.4, 0.5) is 13.2 Å². The fraction of sp³-hybridized carbons (Fsp3) is 0.188. The number of hydrogen-bond acceptors (Lipinski definition) is 3. The first-order valence-corrected chi connectivity index (χ1v) is 6.72. The first-order valence-electron chi connectivity index (χ1n) is 6.72. The highest BCUT2D eigenvalue weighted by Gasteiger charge is 2.39. The second kappa shape index (κ2) is 5.39. The van der Waals surface area contributed by atoms with Crippen molar-refractivity contribution in [2.45, 2.75) is 18.8 Å². The summed E-state index contributed by atoms with van der Waals surface area (Å²) in [5, 5.41) is 9.34. The van der Waals surface area contributed by atoms with Gasteiger partial charge in [-0.1, -0.05) is 0 Å². The Balaban J connectivity index is 1.99. The van der Waals surface area contributed by atoms with Gasteiger partial charge in [-0.05, 0) is 35.9 Å². The largest absolute Gasteiger partial charge is 0.416 e. The van der Waals surface area contributed by atoms with Crippen molar-refractivity contribution in [3.05, 3.63) is 65.0 Å². The maximum Gasteiger partial charge on any atom is 0.416 e. The number of amides is 1. The zero-order valence-corrected chi connectivity index (χ0v) is 11.7. The van der Waals surface area contributed by atoms with E-state index in [1.807, 2.05) is 6.07 Å². The van der Waals surface area contributed by atoms with Crippen molar-refractivity contribution in [3.8, 4) is 6.07 Å². The van der Waals surface area contributed by atoms with Gasteiger partial charge in [0, 0.05) is 30.1 Å². The molecule has 0 saturated heterocycles. The maximum absolute atomic E-state index is 12.8. The molecule has 1 aliphatic heterocycles. The quantitative estimate of drug-likeness (QED) is 0.854. The molecule has 3 rings (SSSR count). The van der Waals surface area contributed by atoms with Gasteiger partial charge in [0.25, 0.3) is 5.91 Å². The van der Waals surface area contributed by atoms with Gasteiger partial charge in [-0.15, -0.1) is 0 Å². The summed E-state index contributed by atoms with van der Waals surface area (Å²) in [5.74, 6) is -0.447.